The Morgan fingerprint density at radius 2 is 2.00 bits per heavy atom. The van der Waals surface area contributed by atoms with Crippen molar-refractivity contribution in [3.8, 4) is 0 Å². The Kier molecular flexibility index (Phi) is 6.77. The van der Waals surface area contributed by atoms with Gasteiger partial charge >= 0.3 is 0 Å². The molecule has 0 amide bonds. The third kappa shape index (κ3) is 5.77. The first-order chi connectivity index (χ1) is 8.26. The summed E-state index contributed by atoms with van der Waals surface area (Å²) in [7, 11) is 2.05. The lowest BCUT2D eigenvalue weighted by atomic mass is 10.3. The van der Waals surface area contributed by atoms with Gasteiger partial charge in [-0.15, -0.1) is 0 Å². The molecule has 0 saturated heterocycles. The van der Waals surface area contributed by atoms with Crippen LogP contribution in [0.25, 0.3) is 0 Å². The van der Waals surface area contributed by atoms with Crippen LogP contribution in [0.5, 0.6) is 0 Å². The minimum atomic E-state index is -0.147. The summed E-state index contributed by atoms with van der Waals surface area (Å²) in [5.41, 5.74) is 1.20. The zero-order chi connectivity index (χ0) is 12.5. The molecule has 4 heteroatoms. The zero-order valence-corrected chi connectivity index (χ0v) is 10.9. The van der Waals surface area contributed by atoms with E-state index in [2.05, 4.69) is 23.0 Å². The standard InChI is InChI=1S/C13H22N2O2/c1-4-16-13(17-5-2)11-15(3)10-12-7-6-8-14-9-12/h6-9,13H,4-5,10-11H2,1-3H3. The van der Waals surface area contributed by atoms with Gasteiger partial charge in [-0.3, -0.25) is 9.88 Å². The van der Waals surface area contributed by atoms with E-state index in [1.807, 2.05) is 26.1 Å². The Balaban J connectivity index is 2.38. The highest BCUT2D eigenvalue weighted by Crippen LogP contribution is 2.04. The molecule has 0 aromatic carbocycles. The largest absolute Gasteiger partial charge is 0.352 e. The average Bonchev–Trinajstić information content (AvgIpc) is 2.30. The Hall–Kier alpha value is -0.970. The van der Waals surface area contributed by atoms with Crippen LogP contribution < -0.4 is 0 Å². The number of rotatable bonds is 8. The number of aromatic nitrogens is 1. The topological polar surface area (TPSA) is 34.6 Å². The first kappa shape index (κ1) is 14.1. The minimum Gasteiger partial charge on any atom is -0.352 e. The van der Waals surface area contributed by atoms with Gasteiger partial charge in [-0.1, -0.05) is 6.07 Å². The van der Waals surface area contributed by atoms with Gasteiger partial charge in [-0.2, -0.15) is 0 Å². The van der Waals surface area contributed by atoms with Crippen LogP contribution in [0.3, 0.4) is 0 Å². The highest BCUT2D eigenvalue weighted by molar-refractivity contribution is 5.07. The van der Waals surface area contributed by atoms with E-state index in [1.165, 1.54) is 5.56 Å². The second-order valence-electron chi connectivity index (χ2n) is 3.90. The lowest BCUT2D eigenvalue weighted by molar-refractivity contribution is -0.145. The van der Waals surface area contributed by atoms with E-state index in [0.717, 1.165) is 13.1 Å². The molecule has 1 rings (SSSR count). The average molecular weight is 238 g/mol. The SMILES string of the molecule is CCOC(CN(C)Cc1cccnc1)OCC. The maximum atomic E-state index is 5.51. The summed E-state index contributed by atoms with van der Waals surface area (Å²) in [4.78, 5) is 6.27. The lowest BCUT2D eigenvalue weighted by Gasteiger charge is -2.23. The predicted octanol–water partition coefficient (Wildman–Crippen LogP) is 1.91. The van der Waals surface area contributed by atoms with Crippen molar-refractivity contribution in [2.24, 2.45) is 0 Å². The minimum absolute atomic E-state index is 0.147. The van der Waals surface area contributed by atoms with Crippen molar-refractivity contribution in [3.63, 3.8) is 0 Å². The summed E-state index contributed by atoms with van der Waals surface area (Å²) in [5.74, 6) is 0. The van der Waals surface area contributed by atoms with Crippen molar-refractivity contribution in [1.82, 2.24) is 9.88 Å². The van der Waals surface area contributed by atoms with E-state index in [4.69, 9.17) is 9.47 Å². The molecule has 4 nitrogen and oxygen atoms in total. The number of pyridine rings is 1. The van der Waals surface area contributed by atoms with Gasteiger partial charge in [-0.25, -0.2) is 0 Å². The highest BCUT2D eigenvalue weighted by atomic mass is 16.7. The van der Waals surface area contributed by atoms with Crippen molar-refractivity contribution >= 4 is 0 Å². The lowest BCUT2D eigenvalue weighted by Crippen LogP contribution is -2.33. The zero-order valence-electron chi connectivity index (χ0n) is 10.9. The summed E-state index contributed by atoms with van der Waals surface area (Å²) in [6.07, 6.45) is 3.52. The summed E-state index contributed by atoms with van der Waals surface area (Å²) < 4.78 is 11.0. The van der Waals surface area contributed by atoms with Crippen molar-refractivity contribution < 1.29 is 9.47 Å². The molecule has 0 N–H and O–H groups in total. The van der Waals surface area contributed by atoms with Crippen molar-refractivity contribution in [2.75, 3.05) is 26.8 Å². The molecule has 0 fully saturated rings. The molecule has 0 aliphatic heterocycles. The van der Waals surface area contributed by atoms with E-state index < -0.39 is 0 Å². The number of ether oxygens (including phenoxy) is 2. The number of nitrogens with zero attached hydrogens (tertiary/aromatic N) is 2. The number of likely N-dealkylation sites (N-methyl/N-ethyl adjacent to an activating group) is 1. The fourth-order valence-corrected chi connectivity index (χ4v) is 1.65. The van der Waals surface area contributed by atoms with Crippen molar-refractivity contribution in [3.05, 3.63) is 30.1 Å². The predicted molar refractivity (Wildman–Crippen MR) is 67.6 cm³/mol. The van der Waals surface area contributed by atoms with Gasteiger partial charge < -0.3 is 9.47 Å². The van der Waals surface area contributed by atoms with Crippen molar-refractivity contribution in [2.45, 2.75) is 26.7 Å². The maximum Gasteiger partial charge on any atom is 0.170 e. The van der Waals surface area contributed by atoms with Crippen LogP contribution in [-0.2, 0) is 16.0 Å². The molecule has 0 spiro atoms. The molecule has 0 saturated carbocycles. The Labute approximate surface area is 104 Å². The molecule has 0 aliphatic rings. The van der Waals surface area contributed by atoms with E-state index >= 15 is 0 Å². The summed E-state index contributed by atoms with van der Waals surface area (Å²) in [5, 5.41) is 0. The second-order valence-corrected chi connectivity index (χ2v) is 3.90. The molecular weight excluding hydrogens is 216 g/mol. The fraction of sp³-hybridized carbons (Fsp3) is 0.615. The smallest absolute Gasteiger partial charge is 0.170 e. The molecule has 0 bridgehead atoms. The van der Waals surface area contributed by atoms with Crippen LogP contribution >= 0.6 is 0 Å². The van der Waals surface area contributed by atoms with Crippen LogP contribution in [0, 0.1) is 0 Å². The quantitative estimate of drug-likeness (QED) is 0.648. The molecule has 0 atom stereocenters. The Morgan fingerprint density at radius 1 is 1.29 bits per heavy atom. The molecule has 0 unspecified atom stereocenters. The van der Waals surface area contributed by atoms with Gasteiger partial charge in [0.05, 0.1) is 0 Å². The number of hydrogen-bond acceptors (Lipinski definition) is 4. The van der Waals surface area contributed by atoms with Gasteiger partial charge in [0.15, 0.2) is 6.29 Å². The van der Waals surface area contributed by atoms with Gasteiger partial charge in [-0.05, 0) is 32.5 Å². The van der Waals surface area contributed by atoms with E-state index in [-0.39, 0.29) is 6.29 Å². The summed E-state index contributed by atoms with van der Waals surface area (Å²) in [6, 6.07) is 4.02. The fourth-order valence-electron chi connectivity index (χ4n) is 1.65. The third-order valence-corrected chi connectivity index (χ3v) is 2.34. The van der Waals surface area contributed by atoms with Crippen LogP contribution in [-0.4, -0.2) is 43.0 Å². The van der Waals surface area contributed by atoms with Crippen LogP contribution in [0.1, 0.15) is 19.4 Å². The van der Waals surface area contributed by atoms with E-state index in [9.17, 15) is 0 Å². The molecular formula is C13H22N2O2. The van der Waals surface area contributed by atoms with E-state index in [0.29, 0.717) is 13.2 Å². The maximum absolute atomic E-state index is 5.51. The molecule has 1 heterocycles. The van der Waals surface area contributed by atoms with Crippen LogP contribution in [0.4, 0.5) is 0 Å². The summed E-state index contributed by atoms with van der Waals surface area (Å²) >= 11 is 0. The van der Waals surface area contributed by atoms with E-state index in [1.54, 1.807) is 6.20 Å². The molecule has 1 aromatic rings. The van der Waals surface area contributed by atoms with Crippen LogP contribution in [0.2, 0.25) is 0 Å². The third-order valence-electron chi connectivity index (χ3n) is 2.34. The van der Waals surface area contributed by atoms with Gasteiger partial charge in [0, 0.05) is 38.7 Å². The van der Waals surface area contributed by atoms with Gasteiger partial charge in [0.2, 0.25) is 0 Å². The molecule has 0 radical (unpaired) electrons. The molecule has 1 aromatic heterocycles. The number of hydrogen-bond donors (Lipinski definition) is 0. The van der Waals surface area contributed by atoms with Gasteiger partial charge in [0.1, 0.15) is 0 Å². The normalized spacial score (nSPS) is 11.4. The van der Waals surface area contributed by atoms with Gasteiger partial charge in [0.25, 0.3) is 0 Å². The molecule has 0 aliphatic carbocycles. The monoisotopic (exact) mass is 238 g/mol. The van der Waals surface area contributed by atoms with Crippen molar-refractivity contribution in [1.29, 1.82) is 0 Å². The first-order valence-corrected chi connectivity index (χ1v) is 6.06. The molecule has 17 heavy (non-hydrogen) atoms. The molecule has 96 valence electrons. The highest BCUT2D eigenvalue weighted by Gasteiger charge is 2.11. The summed E-state index contributed by atoms with van der Waals surface area (Å²) in [6.45, 7) is 6.91. The Bertz CT molecular complexity index is 287. The van der Waals surface area contributed by atoms with Crippen LogP contribution in [0.15, 0.2) is 24.5 Å². The second kappa shape index (κ2) is 8.17. The first-order valence-electron chi connectivity index (χ1n) is 6.06. The Morgan fingerprint density at radius 3 is 2.53 bits per heavy atom.